The zero-order valence-electron chi connectivity index (χ0n) is 15.9. The van der Waals surface area contributed by atoms with Crippen molar-refractivity contribution in [3.05, 3.63) is 54.6 Å². The van der Waals surface area contributed by atoms with E-state index >= 15 is 0 Å². The number of nitrogens with zero attached hydrogens (tertiary/aromatic N) is 2. The lowest BCUT2D eigenvalue weighted by molar-refractivity contribution is -0.142. The Balaban J connectivity index is 1.61. The maximum atomic E-state index is 11.9. The minimum absolute atomic E-state index is 0.158. The number of carbonyl (C=O) groups excluding carboxylic acids is 2. The van der Waals surface area contributed by atoms with Gasteiger partial charge in [0.25, 0.3) is 0 Å². The molecule has 2 N–H and O–H groups in total. The van der Waals surface area contributed by atoms with Gasteiger partial charge in [0.05, 0.1) is 24.1 Å². The number of imidazole rings is 1. The van der Waals surface area contributed by atoms with E-state index in [1.807, 2.05) is 54.6 Å². The van der Waals surface area contributed by atoms with Crippen molar-refractivity contribution in [1.82, 2.24) is 20.2 Å². The zero-order chi connectivity index (χ0) is 19.8. The molecule has 2 aromatic carbocycles. The van der Waals surface area contributed by atoms with Crippen LogP contribution in [0, 0.1) is 0 Å². The van der Waals surface area contributed by atoms with Crippen LogP contribution in [0.15, 0.2) is 54.6 Å². The van der Waals surface area contributed by atoms with Crippen molar-refractivity contribution in [1.29, 1.82) is 0 Å². The van der Waals surface area contributed by atoms with Gasteiger partial charge in [-0.1, -0.05) is 42.5 Å². The summed E-state index contributed by atoms with van der Waals surface area (Å²) >= 11 is 0. The highest BCUT2D eigenvalue weighted by molar-refractivity contribution is 5.80. The second-order valence-electron chi connectivity index (χ2n) is 6.18. The number of aromatic nitrogens is 2. The number of esters is 1. The number of benzene rings is 2. The van der Waals surface area contributed by atoms with Gasteiger partial charge < -0.3 is 19.9 Å². The lowest BCUT2D eigenvalue weighted by Gasteiger charge is -2.11. The maximum Gasteiger partial charge on any atom is 0.314 e. The van der Waals surface area contributed by atoms with Gasteiger partial charge in [-0.05, 0) is 19.1 Å². The Morgan fingerprint density at radius 1 is 1.00 bits per heavy atom. The minimum Gasteiger partial charge on any atom is -0.466 e. The minimum atomic E-state index is -0.319. The monoisotopic (exact) mass is 380 g/mol. The van der Waals surface area contributed by atoms with Crippen molar-refractivity contribution in [3.63, 3.8) is 0 Å². The summed E-state index contributed by atoms with van der Waals surface area (Å²) in [7, 11) is 0. The molecule has 3 rings (SSSR count). The van der Waals surface area contributed by atoms with Crippen LogP contribution in [0.5, 0.6) is 0 Å². The van der Waals surface area contributed by atoms with Crippen molar-refractivity contribution in [2.75, 3.05) is 19.7 Å². The van der Waals surface area contributed by atoms with E-state index in [2.05, 4.69) is 15.2 Å². The predicted molar refractivity (Wildman–Crippen MR) is 108 cm³/mol. The summed E-state index contributed by atoms with van der Waals surface area (Å²) in [4.78, 5) is 28.0. The third kappa shape index (κ3) is 4.88. The number of nitrogens with one attached hydrogen (secondary N) is 2. The molecule has 0 fully saturated rings. The average molecular weight is 380 g/mol. The van der Waals surface area contributed by atoms with Gasteiger partial charge in [-0.3, -0.25) is 4.79 Å². The van der Waals surface area contributed by atoms with Crippen molar-refractivity contribution in [2.24, 2.45) is 0 Å². The van der Waals surface area contributed by atoms with Crippen LogP contribution in [0.1, 0.15) is 13.3 Å². The summed E-state index contributed by atoms with van der Waals surface area (Å²) in [5.41, 5.74) is 2.96. The molecule has 0 aliphatic rings. The summed E-state index contributed by atoms with van der Waals surface area (Å²) in [6.07, 6.45) is 0.158. The molecule has 0 radical (unpaired) electrons. The Kier molecular flexibility index (Phi) is 6.62. The lowest BCUT2D eigenvalue weighted by atomic mass is 10.2. The Labute approximate surface area is 163 Å². The number of ether oxygens (including phenoxy) is 1. The van der Waals surface area contributed by atoms with Crippen molar-refractivity contribution < 1.29 is 14.3 Å². The summed E-state index contributed by atoms with van der Waals surface area (Å²) in [6.45, 7) is 3.35. The molecule has 28 heavy (non-hydrogen) atoms. The maximum absolute atomic E-state index is 11.9. The standard InChI is InChI=1S/C21H24N4O3/c1-2-28-19(26)12-13-22-21(27)23-14-15-25-18-11-7-6-10-17(18)24-20(25)16-8-4-3-5-9-16/h3-11H,2,12-15H2,1H3,(H2,22,23,27). The van der Waals surface area contributed by atoms with Gasteiger partial charge >= 0.3 is 12.0 Å². The van der Waals surface area contributed by atoms with Crippen molar-refractivity contribution in [3.8, 4) is 11.4 Å². The van der Waals surface area contributed by atoms with Crippen LogP contribution in [0.2, 0.25) is 0 Å². The van der Waals surface area contributed by atoms with E-state index in [0.717, 1.165) is 22.4 Å². The number of hydrogen-bond acceptors (Lipinski definition) is 4. The topological polar surface area (TPSA) is 85.2 Å². The molecule has 2 amide bonds. The average Bonchev–Trinajstić information content (AvgIpc) is 3.08. The van der Waals surface area contributed by atoms with Gasteiger partial charge in [0, 0.05) is 25.2 Å². The van der Waals surface area contributed by atoms with E-state index in [9.17, 15) is 9.59 Å². The summed E-state index contributed by atoms with van der Waals surface area (Å²) < 4.78 is 6.93. The number of fused-ring (bicyclic) bond motifs is 1. The molecule has 0 spiro atoms. The molecule has 0 aliphatic carbocycles. The van der Waals surface area contributed by atoms with Gasteiger partial charge in [0.2, 0.25) is 0 Å². The summed E-state index contributed by atoms with van der Waals surface area (Å²) in [6, 6.07) is 17.6. The fraction of sp³-hybridized carbons (Fsp3) is 0.286. The first-order chi connectivity index (χ1) is 13.7. The van der Waals surface area contributed by atoms with Gasteiger partial charge in [-0.15, -0.1) is 0 Å². The van der Waals surface area contributed by atoms with E-state index in [4.69, 9.17) is 9.72 Å². The molecule has 7 nitrogen and oxygen atoms in total. The molecule has 7 heteroatoms. The first-order valence-corrected chi connectivity index (χ1v) is 9.37. The van der Waals surface area contributed by atoms with Gasteiger partial charge in [0.1, 0.15) is 5.82 Å². The number of para-hydroxylation sites is 2. The Morgan fingerprint density at radius 3 is 2.50 bits per heavy atom. The van der Waals surface area contributed by atoms with Crippen LogP contribution >= 0.6 is 0 Å². The molecule has 0 atom stereocenters. The molecule has 0 saturated carbocycles. The number of carbonyl (C=O) groups is 2. The summed E-state index contributed by atoms with van der Waals surface area (Å²) in [5, 5.41) is 5.48. The van der Waals surface area contributed by atoms with Gasteiger partial charge in [-0.2, -0.15) is 0 Å². The molecular formula is C21H24N4O3. The number of urea groups is 1. The van der Waals surface area contributed by atoms with Gasteiger partial charge in [-0.25, -0.2) is 9.78 Å². The molecule has 146 valence electrons. The largest absolute Gasteiger partial charge is 0.466 e. The van der Waals surface area contributed by atoms with E-state index in [1.165, 1.54) is 0 Å². The number of hydrogen-bond donors (Lipinski definition) is 2. The third-order valence-corrected chi connectivity index (χ3v) is 4.23. The molecule has 3 aromatic rings. The SMILES string of the molecule is CCOC(=O)CCNC(=O)NCCn1c(-c2ccccc2)nc2ccccc21. The zero-order valence-corrected chi connectivity index (χ0v) is 15.9. The van der Waals surface area contributed by atoms with Crippen molar-refractivity contribution in [2.45, 2.75) is 19.9 Å². The second kappa shape index (κ2) is 9.55. The molecular weight excluding hydrogens is 356 g/mol. The highest BCUT2D eigenvalue weighted by atomic mass is 16.5. The summed E-state index contributed by atoms with van der Waals surface area (Å²) in [5.74, 6) is 0.548. The first-order valence-electron chi connectivity index (χ1n) is 9.37. The van der Waals surface area contributed by atoms with E-state index in [-0.39, 0.29) is 25.0 Å². The predicted octanol–water partition coefficient (Wildman–Crippen LogP) is 2.96. The quantitative estimate of drug-likeness (QED) is 0.589. The third-order valence-electron chi connectivity index (χ3n) is 4.23. The number of amides is 2. The number of rotatable bonds is 8. The fourth-order valence-corrected chi connectivity index (χ4v) is 2.96. The van der Waals surface area contributed by atoms with Crippen molar-refractivity contribution >= 4 is 23.0 Å². The molecule has 0 bridgehead atoms. The normalized spacial score (nSPS) is 10.6. The van der Waals surface area contributed by atoms with E-state index < -0.39 is 0 Å². The fourth-order valence-electron chi connectivity index (χ4n) is 2.96. The highest BCUT2D eigenvalue weighted by Gasteiger charge is 2.12. The van der Waals surface area contributed by atoms with Crippen LogP contribution in [0.25, 0.3) is 22.4 Å². The van der Waals surface area contributed by atoms with Crippen LogP contribution in [0.3, 0.4) is 0 Å². The Morgan fingerprint density at radius 2 is 1.71 bits per heavy atom. The lowest BCUT2D eigenvalue weighted by Crippen LogP contribution is -2.38. The smallest absolute Gasteiger partial charge is 0.314 e. The molecule has 1 aromatic heterocycles. The van der Waals surface area contributed by atoms with E-state index in [1.54, 1.807) is 6.92 Å². The second-order valence-corrected chi connectivity index (χ2v) is 6.18. The Hall–Kier alpha value is -3.35. The molecule has 0 aliphatic heterocycles. The van der Waals surface area contributed by atoms with Crippen LogP contribution < -0.4 is 10.6 Å². The molecule has 0 unspecified atom stereocenters. The van der Waals surface area contributed by atoms with Crippen LogP contribution in [-0.2, 0) is 16.1 Å². The van der Waals surface area contributed by atoms with E-state index in [0.29, 0.717) is 19.7 Å². The molecule has 1 heterocycles. The van der Waals surface area contributed by atoms with Crippen LogP contribution in [-0.4, -0.2) is 41.2 Å². The first kappa shape index (κ1) is 19.4. The highest BCUT2D eigenvalue weighted by Crippen LogP contribution is 2.24. The van der Waals surface area contributed by atoms with Crippen LogP contribution in [0.4, 0.5) is 4.79 Å². The van der Waals surface area contributed by atoms with Gasteiger partial charge in [0.15, 0.2) is 0 Å². The molecule has 0 saturated heterocycles. The Bertz CT molecular complexity index is 937.